The molecule has 0 atom stereocenters. The van der Waals surface area contributed by atoms with Gasteiger partial charge in [-0.05, 0) is 50.2 Å². The van der Waals surface area contributed by atoms with Crippen LogP contribution in [0.5, 0.6) is 5.19 Å². The number of halogens is 1. The molecule has 1 aliphatic rings. The minimum Gasteiger partial charge on any atom is -0.463 e. The number of rotatable bonds is 5. The van der Waals surface area contributed by atoms with Gasteiger partial charge in [0, 0.05) is 5.56 Å². The van der Waals surface area contributed by atoms with Gasteiger partial charge in [-0.1, -0.05) is 17.4 Å². The van der Waals surface area contributed by atoms with Crippen LogP contribution >= 0.6 is 11.3 Å². The molecule has 0 aliphatic carbocycles. The lowest BCUT2D eigenvalue weighted by atomic mass is 10.1. The van der Waals surface area contributed by atoms with Crippen LogP contribution in [0.1, 0.15) is 24.2 Å². The third-order valence-corrected chi connectivity index (χ3v) is 7.89. The number of sulfone groups is 1. The second-order valence-electron chi connectivity index (χ2n) is 7.13. The maximum atomic E-state index is 13.7. The molecule has 0 N–H and O–H groups in total. The molecular formula is C20H19FN2O4S2. The normalized spacial score (nSPS) is 15.0. The fraction of sp³-hybridized carbons (Fsp3) is 0.300. The maximum Gasteiger partial charge on any atom is 0.274 e. The molecule has 0 bridgehead atoms. The highest BCUT2D eigenvalue weighted by Gasteiger charge is 2.33. The van der Waals surface area contributed by atoms with Gasteiger partial charge in [0.2, 0.25) is 0 Å². The highest BCUT2D eigenvalue weighted by Crippen LogP contribution is 2.31. The van der Waals surface area contributed by atoms with E-state index in [1.165, 1.54) is 41.7 Å². The molecule has 152 valence electrons. The predicted molar refractivity (Wildman–Crippen MR) is 109 cm³/mol. The average molecular weight is 435 g/mol. The molecule has 29 heavy (non-hydrogen) atoms. The Hall–Kier alpha value is -2.52. The monoisotopic (exact) mass is 434 g/mol. The van der Waals surface area contributed by atoms with E-state index in [1.807, 2.05) is 0 Å². The van der Waals surface area contributed by atoms with Crippen LogP contribution in [0.3, 0.4) is 0 Å². The third-order valence-electron chi connectivity index (χ3n) is 4.80. The molecule has 2 heterocycles. The Bertz CT molecular complexity index is 1170. The van der Waals surface area contributed by atoms with Crippen LogP contribution in [-0.2, 0) is 9.84 Å². The number of fused-ring (bicyclic) bond motifs is 1. The van der Waals surface area contributed by atoms with Crippen molar-refractivity contribution in [2.24, 2.45) is 0 Å². The van der Waals surface area contributed by atoms with Crippen LogP contribution < -0.4 is 4.74 Å². The second kappa shape index (κ2) is 7.38. The van der Waals surface area contributed by atoms with E-state index in [4.69, 9.17) is 4.74 Å². The van der Waals surface area contributed by atoms with E-state index in [9.17, 15) is 17.6 Å². The van der Waals surface area contributed by atoms with Gasteiger partial charge in [-0.2, -0.15) is 4.98 Å². The Labute approximate surface area is 171 Å². The molecule has 0 radical (unpaired) electrons. The number of hydrogen-bond donors (Lipinski definition) is 0. The van der Waals surface area contributed by atoms with Gasteiger partial charge in [-0.25, -0.2) is 12.8 Å². The van der Waals surface area contributed by atoms with E-state index >= 15 is 0 Å². The number of amides is 1. The molecule has 0 spiro atoms. The number of likely N-dealkylation sites (tertiary alicyclic amines) is 1. The SMILES string of the molecule is CC(C)S(=O)(=O)c1ccc(C(=O)N2CC(Oc3nc4c(F)cccc4s3)C2)cc1. The van der Waals surface area contributed by atoms with Crippen molar-refractivity contribution in [3.05, 3.63) is 53.8 Å². The fourth-order valence-corrected chi connectivity index (χ4v) is 4.96. The quantitative estimate of drug-likeness (QED) is 0.614. The highest BCUT2D eigenvalue weighted by molar-refractivity contribution is 7.92. The van der Waals surface area contributed by atoms with Gasteiger partial charge in [0.15, 0.2) is 9.84 Å². The summed E-state index contributed by atoms with van der Waals surface area (Å²) in [5.74, 6) is -0.573. The van der Waals surface area contributed by atoms with Crippen molar-refractivity contribution < 1.29 is 22.3 Å². The average Bonchev–Trinajstić information content (AvgIpc) is 3.08. The van der Waals surface area contributed by atoms with Crippen molar-refractivity contribution in [2.45, 2.75) is 30.1 Å². The minimum absolute atomic E-state index is 0.186. The fourth-order valence-electron chi connectivity index (χ4n) is 3.01. The van der Waals surface area contributed by atoms with Crippen molar-refractivity contribution in [1.82, 2.24) is 9.88 Å². The number of nitrogens with zero attached hydrogens (tertiary/aromatic N) is 2. The van der Waals surface area contributed by atoms with E-state index in [1.54, 1.807) is 30.9 Å². The molecule has 1 fully saturated rings. The van der Waals surface area contributed by atoms with E-state index in [0.29, 0.717) is 28.5 Å². The smallest absolute Gasteiger partial charge is 0.274 e. The van der Waals surface area contributed by atoms with Crippen LogP contribution in [-0.4, -0.2) is 48.7 Å². The van der Waals surface area contributed by atoms with Crippen molar-refractivity contribution in [2.75, 3.05) is 13.1 Å². The molecule has 1 amide bonds. The van der Waals surface area contributed by atoms with Gasteiger partial charge < -0.3 is 9.64 Å². The lowest BCUT2D eigenvalue weighted by Crippen LogP contribution is -2.56. The summed E-state index contributed by atoms with van der Waals surface area (Å²) in [6, 6.07) is 10.7. The van der Waals surface area contributed by atoms with Crippen LogP contribution in [0.4, 0.5) is 4.39 Å². The summed E-state index contributed by atoms with van der Waals surface area (Å²) >= 11 is 1.27. The number of carbonyl (C=O) groups is 1. The number of aromatic nitrogens is 1. The summed E-state index contributed by atoms with van der Waals surface area (Å²) < 4.78 is 44.6. The zero-order chi connectivity index (χ0) is 20.8. The number of benzene rings is 2. The topological polar surface area (TPSA) is 76.6 Å². The molecule has 1 aliphatic heterocycles. The molecule has 4 rings (SSSR count). The van der Waals surface area contributed by atoms with E-state index in [0.717, 1.165) is 0 Å². The third kappa shape index (κ3) is 3.72. The van der Waals surface area contributed by atoms with Gasteiger partial charge >= 0.3 is 0 Å². The van der Waals surface area contributed by atoms with Gasteiger partial charge in [-0.15, -0.1) is 0 Å². The number of hydrogen-bond acceptors (Lipinski definition) is 6. The molecule has 1 saturated heterocycles. The minimum atomic E-state index is -3.37. The Kier molecular flexibility index (Phi) is 5.04. The Morgan fingerprint density at radius 2 is 1.90 bits per heavy atom. The summed E-state index contributed by atoms with van der Waals surface area (Å²) in [5, 5.41) is -0.140. The number of para-hydroxylation sites is 1. The van der Waals surface area contributed by atoms with Gasteiger partial charge in [0.1, 0.15) is 17.4 Å². The summed E-state index contributed by atoms with van der Waals surface area (Å²) in [7, 11) is -3.37. The van der Waals surface area contributed by atoms with E-state index < -0.39 is 15.1 Å². The maximum absolute atomic E-state index is 13.7. The first kappa shape index (κ1) is 19.8. The number of carbonyl (C=O) groups excluding carboxylic acids is 1. The zero-order valence-electron chi connectivity index (χ0n) is 15.8. The summed E-state index contributed by atoms with van der Waals surface area (Å²) in [4.78, 5) is 18.6. The Morgan fingerprint density at radius 3 is 2.52 bits per heavy atom. The Balaban J connectivity index is 1.38. The first-order valence-electron chi connectivity index (χ1n) is 9.10. The van der Waals surface area contributed by atoms with Crippen molar-refractivity contribution in [3.63, 3.8) is 0 Å². The van der Waals surface area contributed by atoms with Crippen LogP contribution in [0, 0.1) is 5.82 Å². The Morgan fingerprint density at radius 1 is 1.21 bits per heavy atom. The first-order chi connectivity index (χ1) is 13.8. The van der Waals surface area contributed by atoms with E-state index in [2.05, 4.69) is 4.98 Å². The lowest BCUT2D eigenvalue weighted by Gasteiger charge is -2.38. The molecule has 3 aromatic rings. The molecule has 9 heteroatoms. The van der Waals surface area contributed by atoms with Crippen molar-refractivity contribution in [3.8, 4) is 5.19 Å². The van der Waals surface area contributed by atoms with Crippen molar-refractivity contribution >= 4 is 37.3 Å². The van der Waals surface area contributed by atoms with Crippen LogP contribution in [0.25, 0.3) is 10.2 Å². The zero-order valence-corrected chi connectivity index (χ0v) is 17.5. The van der Waals surface area contributed by atoms with E-state index in [-0.39, 0.29) is 28.2 Å². The second-order valence-corrected chi connectivity index (χ2v) is 10.6. The van der Waals surface area contributed by atoms with Crippen molar-refractivity contribution in [1.29, 1.82) is 0 Å². The van der Waals surface area contributed by atoms with Crippen LogP contribution in [0.2, 0.25) is 0 Å². The lowest BCUT2D eigenvalue weighted by molar-refractivity contribution is 0.0178. The predicted octanol–water partition coefficient (Wildman–Crippen LogP) is 3.52. The van der Waals surface area contributed by atoms with Gasteiger partial charge in [0.25, 0.3) is 11.1 Å². The largest absolute Gasteiger partial charge is 0.463 e. The highest BCUT2D eigenvalue weighted by atomic mass is 32.2. The van der Waals surface area contributed by atoms with Gasteiger partial charge in [0.05, 0.1) is 27.9 Å². The van der Waals surface area contributed by atoms with Gasteiger partial charge in [-0.3, -0.25) is 4.79 Å². The molecule has 0 saturated carbocycles. The molecule has 1 aromatic heterocycles. The number of thiazole rings is 1. The summed E-state index contributed by atoms with van der Waals surface area (Å²) in [6.07, 6.45) is -0.205. The molecular weight excluding hydrogens is 415 g/mol. The number of ether oxygens (including phenoxy) is 1. The first-order valence-corrected chi connectivity index (χ1v) is 11.5. The standard InChI is InChI=1S/C20H19FN2O4S2/c1-12(2)29(25,26)15-8-6-13(7-9-15)19(24)23-10-14(11-23)27-20-22-18-16(21)4-3-5-17(18)28-20/h3-9,12,14H,10-11H2,1-2H3. The molecule has 2 aromatic carbocycles. The molecule has 0 unspecified atom stereocenters. The molecule has 6 nitrogen and oxygen atoms in total. The summed E-state index contributed by atoms with van der Waals surface area (Å²) in [5.41, 5.74) is 0.712. The van der Waals surface area contributed by atoms with Crippen LogP contribution in [0.15, 0.2) is 47.4 Å². The summed E-state index contributed by atoms with van der Waals surface area (Å²) in [6.45, 7) is 4.02.